The Bertz CT molecular complexity index is 271. The summed E-state index contributed by atoms with van der Waals surface area (Å²) in [5.41, 5.74) is 0. The fourth-order valence-electron chi connectivity index (χ4n) is 3.27. The summed E-state index contributed by atoms with van der Waals surface area (Å²) in [6, 6.07) is 0.425. The van der Waals surface area contributed by atoms with E-state index in [4.69, 9.17) is 0 Å². The van der Waals surface area contributed by atoms with Gasteiger partial charge in [0.05, 0.1) is 0 Å². The zero-order valence-electron chi connectivity index (χ0n) is 12.8. The molecule has 1 atom stereocenters. The molecular weight excluding hydrogens is 250 g/mol. The second kappa shape index (κ2) is 9.35. The van der Waals surface area contributed by atoms with Crippen molar-refractivity contribution in [1.82, 2.24) is 15.5 Å². The molecule has 2 fully saturated rings. The number of likely N-dealkylation sites (tertiary alicyclic amines) is 1. The zero-order chi connectivity index (χ0) is 14.0. The van der Waals surface area contributed by atoms with E-state index < -0.39 is 0 Å². The maximum absolute atomic E-state index is 11.7. The van der Waals surface area contributed by atoms with Crippen LogP contribution in [0.3, 0.4) is 0 Å². The van der Waals surface area contributed by atoms with Crippen molar-refractivity contribution < 1.29 is 4.79 Å². The molecular formula is C16H31N3O. The number of hydrogen-bond acceptors (Lipinski definition) is 3. The Kier molecular flexibility index (Phi) is 7.37. The maximum Gasteiger partial charge on any atom is 0.221 e. The second-order valence-electron chi connectivity index (χ2n) is 6.31. The number of nitrogens with zero attached hydrogens (tertiary/aromatic N) is 1. The number of carbonyl (C=O) groups is 1. The molecule has 0 aromatic rings. The summed E-state index contributed by atoms with van der Waals surface area (Å²) in [4.78, 5) is 14.3. The minimum Gasteiger partial charge on any atom is -0.356 e. The number of amides is 1. The topological polar surface area (TPSA) is 44.4 Å². The monoisotopic (exact) mass is 281 g/mol. The van der Waals surface area contributed by atoms with Crippen LogP contribution in [0.4, 0.5) is 0 Å². The van der Waals surface area contributed by atoms with Crippen LogP contribution < -0.4 is 10.6 Å². The molecule has 0 spiro atoms. The summed E-state index contributed by atoms with van der Waals surface area (Å²) in [6.45, 7) is 5.77. The van der Waals surface area contributed by atoms with Gasteiger partial charge in [0.2, 0.25) is 5.91 Å². The van der Waals surface area contributed by atoms with Gasteiger partial charge in [0, 0.05) is 19.0 Å². The summed E-state index contributed by atoms with van der Waals surface area (Å²) in [5, 5.41) is 6.42. The maximum atomic E-state index is 11.7. The van der Waals surface area contributed by atoms with Gasteiger partial charge in [0.15, 0.2) is 0 Å². The molecule has 1 unspecified atom stereocenters. The van der Waals surface area contributed by atoms with Crippen LogP contribution in [0, 0.1) is 0 Å². The van der Waals surface area contributed by atoms with Gasteiger partial charge in [0.25, 0.3) is 0 Å². The van der Waals surface area contributed by atoms with Crippen molar-refractivity contribution in [2.24, 2.45) is 0 Å². The summed E-state index contributed by atoms with van der Waals surface area (Å²) in [7, 11) is 0. The molecule has 2 aliphatic rings. The Hall–Kier alpha value is -0.610. The number of unbranched alkanes of at least 4 members (excludes halogenated alkanes) is 2. The quantitative estimate of drug-likeness (QED) is 0.668. The van der Waals surface area contributed by atoms with E-state index in [-0.39, 0.29) is 5.91 Å². The first-order chi connectivity index (χ1) is 9.84. The average Bonchev–Trinajstić information content (AvgIpc) is 2.96. The van der Waals surface area contributed by atoms with E-state index in [9.17, 15) is 4.79 Å². The SMILES string of the molecule is O=C(CC1CCCN1)NCCCCCN1CCCCC1. The normalized spacial score (nSPS) is 23.9. The minimum absolute atomic E-state index is 0.223. The molecule has 0 aromatic carbocycles. The van der Waals surface area contributed by atoms with Crippen LogP contribution in [0.15, 0.2) is 0 Å². The number of rotatable bonds is 8. The lowest BCUT2D eigenvalue weighted by Crippen LogP contribution is -2.32. The largest absolute Gasteiger partial charge is 0.356 e. The molecule has 0 saturated carbocycles. The number of nitrogens with one attached hydrogen (secondary N) is 2. The van der Waals surface area contributed by atoms with Gasteiger partial charge in [-0.1, -0.05) is 12.8 Å². The van der Waals surface area contributed by atoms with E-state index in [0.29, 0.717) is 12.5 Å². The van der Waals surface area contributed by atoms with Crippen LogP contribution in [0.2, 0.25) is 0 Å². The van der Waals surface area contributed by atoms with E-state index in [2.05, 4.69) is 15.5 Å². The number of hydrogen-bond donors (Lipinski definition) is 2. The molecule has 1 amide bonds. The van der Waals surface area contributed by atoms with Gasteiger partial charge in [-0.05, 0) is 64.7 Å². The lowest BCUT2D eigenvalue weighted by atomic mass is 10.1. The van der Waals surface area contributed by atoms with Crippen molar-refractivity contribution in [1.29, 1.82) is 0 Å². The molecule has 2 rings (SSSR count). The molecule has 4 nitrogen and oxygen atoms in total. The first-order valence-electron chi connectivity index (χ1n) is 8.57. The fourth-order valence-corrected chi connectivity index (χ4v) is 3.27. The molecule has 0 bridgehead atoms. The lowest BCUT2D eigenvalue weighted by Gasteiger charge is -2.26. The van der Waals surface area contributed by atoms with Gasteiger partial charge < -0.3 is 15.5 Å². The van der Waals surface area contributed by atoms with E-state index in [1.807, 2.05) is 0 Å². The standard InChI is InChI=1S/C16H31N3O/c20-16(14-15-8-7-10-17-15)18-9-3-1-4-11-19-12-5-2-6-13-19/h15,17H,1-14H2,(H,18,20). The Morgan fingerprint density at radius 2 is 1.95 bits per heavy atom. The first kappa shape index (κ1) is 15.8. The molecule has 0 aromatic heterocycles. The van der Waals surface area contributed by atoms with E-state index in [1.165, 1.54) is 58.2 Å². The Morgan fingerprint density at radius 1 is 1.10 bits per heavy atom. The van der Waals surface area contributed by atoms with Crippen LogP contribution in [-0.2, 0) is 4.79 Å². The van der Waals surface area contributed by atoms with Crippen molar-refractivity contribution in [2.45, 2.75) is 63.8 Å². The van der Waals surface area contributed by atoms with Gasteiger partial charge >= 0.3 is 0 Å². The predicted octanol–water partition coefficient (Wildman–Crippen LogP) is 1.90. The summed E-state index contributed by atoms with van der Waals surface area (Å²) >= 11 is 0. The molecule has 0 aliphatic carbocycles. The van der Waals surface area contributed by atoms with E-state index >= 15 is 0 Å². The van der Waals surface area contributed by atoms with Gasteiger partial charge in [-0.2, -0.15) is 0 Å². The van der Waals surface area contributed by atoms with Crippen molar-refractivity contribution >= 4 is 5.91 Å². The first-order valence-corrected chi connectivity index (χ1v) is 8.57. The van der Waals surface area contributed by atoms with Crippen LogP contribution in [0.25, 0.3) is 0 Å². The van der Waals surface area contributed by atoms with Crippen molar-refractivity contribution in [3.05, 3.63) is 0 Å². The molecule has 116 valence electrons. The van der Waals surface area contributed by atoms with Crippen LogP contribution in [-0.4, -0.2) is 49.6 Å². The molecule has 2 N–H and O–H groups in total. The third-order valence-electron chi connectivity index (χ3n) is 4.52. The van der Waals surface area contributed by atoms with Gasteiger partial charge in [0.1, 0.15) is 0 Å². The molecule has 2 heterocycles. The highest BCUT2D eigenvalue weighted by molar-refractivity contribution is 5.76. The average molecular weight is 281 g/mol. The molecule has 0 radical (unpaired) electrons. The Morgan fingerprint density at radius 3 is 2.70 bits per heavy atom. The summed E-state index contributed by atoms with van der Waals surface area (Å²) in [5.74, 6) is 0.223. The van der Waals surface area contributed by atoms with Gasteiger partial charge in [-0.15, -0.1) is 0 Å². The fraction of sp³-hybridized carbons (Fsp3) is 0.938. The summed E-state index contributed by atoms with van der Waals surface area (Å²) in [6.07, 6.45) is 10.8. The van der Waals surface area contributed by atoms with Crippen molar-refractivity contribution in [2.75, 3.05) is 32.7 Å². The predicted molar refractivity (Wildman–Crippen MR) is 82.8 cm³/mol. The van der Waals surface area contributed by atoms with E-state index in [1.54, 1.807) is 0 Å². The van der Waals surface area contributed by atoms with Crippen molar-refractivity contribution in [3.63, 3.8) is 0 Å². The lowest BCUT2D eigenvalue weighted by molar-refractivity contribution is -0.121. The third-order valence-corrected chi connectivity index (χ3v) is 4.52. The Balaban J connectivity index is 1.40. The number of piperidine rings is 1. The third kappa shape index (κ3) is 6.23. The Labute approximate surface area is 123 Å². The van der Waals surface area contributed by atoms with Crippen LogP contribution in [0.1, 0.15) is 57.8 Å². The molecule has 2 saturated heterocycles. The van der Waals surface area contributed by atoms with Crippen LogP contribution >= 0.6 is 0 Å². The highest BCUT2D eigenvalue weighted by atomic mass is 16.1. The van der Waals surface area contributed by atoms with E-state index in [0.717, 1.165) is 25.9 Å². The molecule has 2 aliphatic heterocycles. The van der Waals surface area contributed by atoms with Gasteiger partial charge in [-0.3, -0.25) is 4.79 Å². The summed E-state index contributed by atoms with van der Waals surface area (Å²) < 4.78 is 0. The van der Waals surface area contributed by atoms with Crippen LogP contribution in [0.5, 0.6) is 0 Å². The minimum atomic E-state index is 0.223. The second-order valence-corrected chi connectivity index (χ2v) is 6.31. The smallest absolute Gasteiger partial charge is 0.221 e. The molecule has 20 heavy (non-hydrogen) atoms. The highest BCUT2D eigenvalue weighted by Crippen LogP contribution is 2.10. The number of carbonyl (C=O) groups excluding carboxylic acids is 1. The zero-order valence-corrected chi connectivity index (χ0v) is 12.8. The van der Waals surface area contributed by atoms with Crippen molar-refractivity contribution in [3.8, 4) is 0 Å². The van der Waals surface area contributed by atoms with Gasteiger partial charge in [-0.25, -0.2) is 0 Å². The molecule has 4 heteroatoms. The highest BCUT2D eigenvalue weighted by Gasteiger charge is 2.17.